The van der Waals surface area contributed by atoms with E-state index in [4.69, 9.17) is 9.47 Å². The van der Waals surface area contributed by atoms with Crippen LogP contribution in [0, 0.1) is 6.92 Å². The van der Waals surface area contributed by atoms with E-state index in [1.165, 1.54) is 14.2 Å². The summed E-state index contributed by atoms with van der Waals surface area (Å²) in [6.45, 7) is 1.95. The van der Waals surface area contributed by atoms with Gasteiger partial charge < -0.3 is 24.3 Å². The van der Waals surface area contributed by atoms with Gasteiger partial charge in [0, 0.05) is 33.8 Å². The zero-order valence-corrected chi connectivity index (χ0v) is 15.5. The number of H-pyrrole nitrogens is 1. The molecule has 8 nitrogen and oxygen atoms in total. The summed E-state index contributed by atoms with van der Waals surface area (Å²) >= 11 is 0. The second kappa shape index (κ2) is 7.36. The smallest absolute Gasteiger partial charge is 0.425 e. The van der Waals surface area contributed by atoms with Crippen LogP contribution in [0.3, 0.4) is 0 Å². The molecule has 0 radical (unpaired) electrons. The highest BCUT2D eigenvalue weighted by molar-refractivity contribution is 6.00. The van der Waals surface area contributed by atoms with Gasteiger partial charge in [-0.15, -0.1) is 0 Å². The minimum Gasteiger partial charge on any atom is -0.508 e. The number of aromatic hydroxyl groups is 1. The minimum absolute atomic E-state index is 0.175. The fourth-order valence-electron chi connectivity index (χ4n) is 3.02. The Kier molecular flexibility index (Phi) is 4.98. The van der Waals surface area contributed by atoms with E-state index in [0.717, 1.165) is 27.7 Å². The summed E-state index contributed by atoms with van der Waals surface area (Å²) in [5.74, 6) is 1.24. The van der Waals surface area contributed by atoms with Crippen LogP contribution in [-0.4, -0.2) is 37.5 Å². The van der Waals surface area contributed by atoms with Crippen molar-refractivity contribution in [3.8, 4) is 28.4 Å². The Morgan fingerprint density at radius 3 is 2.48 bits per heavy atom. The van der Waals surface area contributed by atoms with Gasteiger partial charge in [-0.2, -0.15) is 0 Å². The van der Waals surface area contributed by atoms with Crippen molar-refractivity contribution in [2.24, 2.45) is 0 Å². The molecule has 1 aromatic heterocycles. The SMILES string of the molecule is COC(=O)NNc1cc(OC)c(-c2c(C)[nH]c3ccc(O)cc23)cc1OC. The fourth-order valence-corrected chi connectivity index (χ4v) is 3.02. The number of methoxy groups -OCH3 is 3. The Labute approximate surface area is 156 Å². The molecule has 2 aromatic carbocycles. The predicted octanol–water partition coefficient (Wildman–Crippen LogP) is 3.55. The summed E-state index contributed by atoms with van der Waals surface area (Å²) in [6, 6.07) is 8.67. The Morgan fingerprint density at radius 1 is 1.07 bits per heavy atom. The zero-order valence-electron chi connectivity index (χ0n) is 15.5. The van der Waals surface area contributed by atoms with Gasteiger partial charge in [-0.25, -0.2) is 10.2 Å². The monoisotopic (exact) mass is 371 g/mol. The Hall–Kier alpha value is -3.55. The van der Waals surface area contributed by atoms with Gasteiger partial charge in [0.05, 0.1) is 27.0 Å². The summed E-state index contributed by atoms with van der Waals surface area (Å²) in [7, 11) is 4.36. The van der Waals surface area contributed by atoms with Crippen LogP contribution >= 0.6 is 0 Å². The number of phenols is 1. The van der Waals surface area contributed by atoms with Crippen LogP contribution in [0.15, 0.2) is 30.3 Å². The molecule has 1 amide bonds. The van der Waals surface area contributed by atoms with Crippen molar-refractivity contribution < 1.29 is 24.1 Å². The number of rotatable bonds is 5. The summed E-state index contributed by atoms with van der Waals surface area (Å²) in [4.78, 5) is 14.6. The maximum Gasteiger partial charge on any atom is 0.425 e. The lowest BCUT2D eigenvalue weighted by molar-refractivity contribution is 0.173. The summed E-state index contributed by atoms with van der Waals surface area (Å²) < 4.78 is 15.6. The van der Waals surface area contributed by atoms with E-state index in [-0.39, 0.29) is 5.75 Å². The number of anilines is 1. The standard InChI is InChI=1S/C19H21N3O5/c1-10-18(12-7-11(23)5-6-14(12)20-10)13-8-17(26-3)15(9-16(13)25-2)21-22-19(24)27-4/h5-9,20-21,23H,1-4H3,(H,22,24). The van der Waals surface area contributed by atoms with Crippen LogP contribution < -0.4 is 20.3 Å². The first-order chi connectivity index (χ1) is 13.0. The highest BCUT2D eigenvalue weighted by atomic mass is 16.5. The number of benzene rings is 2. The van der Waals surface area contributed by atoms with Gasteiger partial charge >= 0.3 is 6.09 Å². The van der Waals surface area contributed by atoms with Gasteiger partial charge in [-0.05, 0) is 31.2 Å². The summed E-state index contributed by atoms with van der Waals surface area (Å²) in [5, 5.41) is 10.8. The van der Waals surface area contributed by atoms with Gasteiger partial charge in [0.25, 0.3) is 0 Å². The van der Waals surface area contributed by atoms with Gasteiger partial charge in [0.1, 0.15) is 17.2 Å². The Bertz CT molecular complexity index is 997. The number of amides is 1. The van der Waals surface area contributed by atoms with Crippen LogP contribution in [0.5, 0.6) is 17.2 Å². The van der Waals surface area contributed by atoms with E-state index in [2.05, 4.69) is 20.6 Å². The van der Waals surface area contributed by atoms with Crippen molar-refractivity contribution in [1.82, 2.24) is 10.4 Å². The van der Waals surface area contributed by atoms with E-state index in [1.54, 1.807) is 31.4 Å². The molecule has 0 saturated carbocycles. The molecule has 0 saturated heterocycles. The van der Waals surface area contributed by atoms with Crippen LogP contribution in [0.1, 0.15) is 5.69 Å². The lowest BCUT2D eigenvalue weighted by atomic mass is 10.00. The normalized spacial score (nSPS) is 10.5. The number of carbonyl (C=O) groups is 1. The number of aromatic amines is 1. The molecule has 0 aliphatic rings. The van der Waals surface area contributed by atoms with Crippen LogP contribution in [0.2, 0.25) is 0 Å². The first-order valence-electron chi connectivity index (χ1n) is 8.16. The zero-order chi connectivity index (χ0) is 19.6. The average Bonchev–Trinajstić information content (AvgIpc) is 3.00. The topological polar surface area (TPSA) is 105 Å². The molecule has 27 heavy (non-hydrogen) atoms. The molecule has 3 rings (SSSR count). The van der Waals surface area contributed by atoms with Crippen LogP contribution in [0.25, 0.3) is 22.0 Å². The molecule has 0 aliphatic heterocycles. The highest BCUT2D eigenvalue weighted by Gasteiger charge is 2.19. The van der Waals surface area contributed by atoms with Gasteiger partial charge in [-0.3, -0.25) is 5.43 Å². The third-order valence-corrected chi connectivity index (χ3v) is 4.25. The number of hydrogen-bond acceptors (Lipinski definition) is 6. The number of carbonyl (C=O) groups excluding carboxylic acids is 1. The number of ether oxygens (including phenoxy) is 3. The number of hydrogen-bond donors (Lipinski definition) is 4. The van der Waals surface area contributed by atoms with E-state index in [9.17, 15) is 9.90 Å². The number of fused-ring (bicyclic) bond motifs is 1. The van der Waals surface area contributed by atoms with Crippen LogP contribution in [0.4, 0.5) is 10.5 Å². The van der Waals surface area contributed by atoms with Gasteiger partial charge in [-0.1, -0.05) is 0 Å². The second-order valence-corrected chi connectivity index (χ2v) is 5.85. The molecule has 0 atom stereocenters. The van der Waals surface area contributed by atoms with Crippen molar-refractivity contribution in [3.05, 3.63) is 36.0 Å². The van der Waals surface area contributed by atoms with E-state index < -0.39 is 6.09 Å². The number of aryl methyl sites for hydroxylation is 1. The lowest BCUT2D eigenvalue weighted by Crippen LogP contribution is -2.29. The number of aromatic nitrogens is 1. The summed E-state index contributed by atoms with van der Waals surface area (Å²) in [5.41, 5.74) is 9.14. The van der Waals surface area contributed by atoms with Crippen molar-refractivity contribution in [2.45, 2.75) is 6.92 Å². The first-order valence-corrected chi connectivity index (χ1v) is 8.16. The van der Waals surface area contributed by atoms with Crippen molar-refractivity contribution in [3.63, 3.8) is 0 Å². The van der Waals surface area contributed by atoms with E-state index >= 15 is 0 Å². The molecule has 1 heterocycles. The average molecular weight is 371 g/mol. The molecule has 8 heteroatoms. The number of hydrazine groups is 1. The second-order valence-electron chi connectivity index (χ2n) is 5.85. The van der Waals surface area contributed by atoms with Crippen molar-refractivity contribution in [1.29, 1.82) is 0 Å². The molecular formula is C19H21N3O5. The minimum atomic E-state index is -0.636. The summed E-state index contributed by atoms with van der Waals surface area (Å²) in [6.07, 6.45) is -0.636. The first kappa shape index (κ1) is 18.2. The molecule has 0 aliphatic carbocycles. The maximum atomic E-state index is 11.3. The molecule has 0 fully saturated rings. The Balaban J connectivity index is 2.15. The largest absolute Gasteiger partial charge is 0.508 e. The van der Waals surface area contributed by atoms with Gasteiger partial charge in [0.2, 0.25) is 0 Å². The quantitative estimate of drug-likeness (QED) is 0.511. The number of phenolic OH excluding ortho intramolecular Hbond substituents is 1. The van der Waals surface area contributed by atoms with E-state index in [0.29, 0.717) is 17.2 Å². The molecule has 0 unspecified atom stereocenters. The Morgan fingerprint density at radius 2 is 1.81 bits per heavy atom. The lowest BCUT2D eigenvalue weighted by Gasteiger charge is -2.16. The predicted molar refractivity (Wildman–Crippen MR) is 102 cm³/mol. The number of nitrogens with one attached hydrogen (secondary N) is 3. The molecule has 0 bridgehead atoms. The van der Waals surface area contributed by atoms with Crippen molar-refractivity contribution >= 4 is 22.7 Å². The van der Waals surface area contributed by atoms with Crippen molar-refractivity contribution in [2.75, 3.05) is 26.8 Å². The van der Waals surface area contributed by atoms with E-state index in [1.807, 2.05) is 13.0 Å². The molecule has 0 spiro atoms. The third kappa shape index (κ3) is 3.41. The molecule has 4 N–H and O–H groups in total. The molecule has 3 aromatic rings. The molecule has 142 valence electrons. The third-order valence-electron chi connectivity index (χ3n) is 4.25. The van der Waals surface area contributed by atoms with Crippen LogP contribution in [-0.2, 0) is 4.74 Å². The maximum absolute atomic E-state index is 11.3. The highest BCUT2D eigenvalue weighted by Crippen LogP contribution is 2.43. The fraction of sp³-hybridized carbons (Fsp3) is 0.211. The molecular weight excluding hydrogens is 350 g/mol. The van der Waals surface area contributed by atoms with Gasteiger partial charge in [0.15, 0.2) is 0 Å².